The van der Waals surface area contributed by atoms with Gasteiger partial charge in [-0.15, -0.1) is 0 Å². The third-order valence-corrected chi connectivity index (χ3v) is 4.28. The number of hydrogen-bond acceptors (Lipinski definition) is 4. The smallest absolute Gasteiger partial charge is 0.306 e. The number of rotatable bonds is 9. The van der Waals surface area contributed by atoms with E-state index in [1.165, 1.54) is 32.1 Å². The summed E-state index contributed by atoms with van der Waals surface area (Å²) in [6.45, 7) is 0.549. The molecule has 1 saturated carbocycles. The molecule has 0 saturated heterocycles. The molecule has 1 aromatic rings. The number of amides is 1. The van der Waals surface area contributed by atoms with Gasteiger partial charge in [-0.3, -0.25) is 9.59 Å². The van der Waals surface area contributed by atoms with Crippen molar-refractivity contribution in [2.24, 2.45) is 5.92 Å². The molecule has 0 aromatic heterocycles. The zero-order chi connectivity index (χ0) is 17.0. The van der Waals surface area contributed by atoms with E-state index >= 15 is 0 Å². The predicted octanol–water partition coefficient (Wildman–Crippen LogP) is 3.09. The van der Waals surface area contributed by atoms with Gasteiger partial charge in [0.25, 0.3) is 5.91 Å². The minimum Gasteiger partial charge on any atom is -0.492 e. The van der Waals surface area contributed by atoms with Gasteiger partial charge in [0.05, 0.1) is 6.54 Å². The van der Waals surface area contributed by atoms with Crippen LogP contribution >= 0.6 is 0 Å². The Labute approximate surface area is 143 Å². The maximum Gasteiger partial charge on any atom is 0.306 e. The molecule has 0 heterocycles. The molecule has 1 aromatic carbocycles. The first-order valence-corrected chi connectivity index (χ1v) is 8.84. The van der Waals surface area contributed by atoms with Gasteiger partial charge in [0.15, 0.2) is 6.61 Å². The van der Waals surface area contributed by atoms with Gasteiger partial charge < -0.3 is 14.8 Å². The molecule has 0 spiro atoms. The molecule has 24 heavy (non-hydrogen) atoms. The first-order valence-electron chi connectivity index (χ1n) is 8.84. The topological polar surface area (TPSA) is 64.6 Å². The van der Waals surface area contributed by atoms with Crippen LogP contribution in [0.15, 0.2) is 30.3 Å². The van der Waals surface area contributed by atoms with E-state index < -0.39 is 0 Å². The third-order valence-electron chi connectivity index (χ3n) is 4.28. The highest BCUT2D eigenvalue weighted by atomic mass is 16.5. The summed E-state index contributed by atoms with van der Waals surface area (Å²) in [5, 5.41) is 2.67. The fourth-order valence-corrected chi connectivity index (χ4v) is 2.94. The fourth-order valence-electron chi connectivity index (χ4n) is 2.94. The minimum absolute atomic E-state index is 0.213. The molecule has 0 bridgehead atoms. The van der Waals surface area contributed by atoms with Gasteiger partial charge in [0.1, 0.15) is 12.4 Å². The fraction of sp³-hybridized carbons (Fsp3) is 0.579. The van der Waals surface area contributed by atoms with Crippen LogP contribution in [-0.2, 0) is 14.3 Å². The normalized spacial score (nSPS) is 14.8. The van der Waals surface area contributed by atoms with Gasteiger partial charge >= 0.3 is 5.97 Å². The van der Waals surface area contributed by atoms with Gasteiger partial charge in [0, 0.05) is 6.42 Å². The number of carbonyl (C=O) groups is 2. The lowest BCUT2D eigenvalue weighted by molar-refractivity contribution is -0.148. The second-order valence-corrected chi connectivity index (χ2v) is 6.21. The molecule has 5 heteroatoms. The van der Waals surface area contributed by atoms with Crippen molar-refractivity contribution in [2.75, 3.05) is 19.8 Å². The van der Waals surface area contributed by atoms with Crippen LogP contribution in [-0.4, -0.2) is 31.6 Å². The lowest BCUT2D eigenvalue weighted by Gasteiger charge is -2.20. The molecule has 1 aliphatic rings. The zero-order valence-corrected chi connectivity index (χ0v) is 14.2. The van der Waals surface area contributed by atoms with Gasteiger partial charge in [-0.2, -0.15) is 0 Å². The molecule has 1 N–H and O–H groups in total. The maximum atomic E-state index is 11.7. The Morgan fingerprint density at radius 2 is 1.83 bits per heavy atom. The number of ether oxygens (including phenoxy) is 2. The monoisotopic (exact) mass is 333 g/mol. The van der Waals surface area contributed by atoms with Crippen molar-refractivity contribution >= 4 is 11.9 Å². The molecular formula is C19H27NO4. The van der Waals surface area contributed by atoms with Gasteiger partial charge in [-0.05, 0) is 24.5 Å². The number of benzene rings is 1. The number of hydrogen-bond donors (Lipinski definition) is 1. The van der Waals surface area contributed by atoms with Crippen molar-refractivity contribution in [1.82, 2.24) is 5.32 Å². The van der Waals surface area contributed by atoms with E-state index in [9.17, 15) is 9.59 Å². The quantitative estimate of drug-likeness (QED) is 0.557. The van der Waals surface area contributed by atoms with Crippen molar-refractivity contribution in [3.8, 4) is 5.75 Å². The highest BCUT2D eigenvalue weighted by Crippen LogP contribution is 2.27. The average molecular weight is 333 g/mol. The summed E-state index contributed by atoms with van der Waals surface area (Å²) in [5.41, 5.74) is 0. The Bertz CT molecular complexity index is 497. The van der Waals surface area contributed by atoms with E-state index in [0.29, 0.717) is 25.5 Å². The summed E-state index contributed by atoms with van der Waals surface area (Å²) >= 11 is 0. The minimum atomic E-state index is -0.294. The van der Waals surface area contributed by atoms with Crippen LogP contribution in [0.25, 0.3) is 0 Å². The first-order chi connectivity index (χ1) is 11.7. The summed E-state index contributed by atoms with van der Waals surface area (Å²) in [6.07, 6.45) is 7.58. The van der Waals surface area contributed by atoms with E-state index in [1.807, 2.05) is 30.3 Å². The molecule has 2 rings (SSSR count). The van der Waals surface area contributed by atoms with Crippen molar-refractivity contribution < 1.29 is 19.1 Å². The number of para-hydroxylation sites is 1. The standard InChI is InChI=1S/C19H27NO4/c21-18(20-13-14-23-17-9-5-2-6-10-17)15-24-19(22)12-11-16-7-3-1-4-8-16/h2,5-6,9-10,16H,1,3-4,7-8,11-15H2,(H,20,21). The lowest BCUT2D eigenvalue weighted by atomic mass is 9.86. The predicted molar refractivity (Wildman–Crippen MR) is 91.7 cm³/mol. The Hall–Kier alpha value is -2.04. The molecule has 132 valence electrons. The van der Waals surface area contributed by atoms with E-state index in [2.05, 4.69) is 5.32 Å². The van der Waals surface area contributed by atoms with Crippen LogP contribution in [0.3, 0.4) is 0 Å². The Morgan fingerprint density at radius 3 is 2.58 bits per heavy atom. The van der Waals surface area contributed by atoms with Crippen LogP contribution in [0.5, 0.6) is 5.75 Å². The van der Waals surface area contributed by atoms with E-state index in [1.54, 1.807) is 0 Å². The molecule has 0 atom stereocenters. The number of carbonyl (C=O) groups excluding carboxylic acids is 2. The Kier molecular flexibility index (Phi) is 8.15. The molecule has 5 nitrogen and oxygen atoms in total. The molecule has 0 aliphatic heterocycles. The summed E-state index contributed by atoms with van der Waals surface area (Å²) in [5.74, 6) is 0.838. The van der Waals surface area contributed by atoms with E-state index in [-0.39, 0.29) is 18.5 Å². The summed E-state index contributed by atoms with van der Waals surface area (Å²) in [6, 6.07) is 9.41. The maximum absolute atomic E-state index is 11.7. The van der Waals surface area contributed by atoms with Crippen LogP contribution in [0.1, 0.15) is 44.9 Å². The molecule has 0 unspecified atom stereocenters. The van der Waals surface area contributed by atoms with Crippen LogP contribution in [0.2, 0.25) is 0 Å². The van der Waals surface area contributed by atoms with Crippen molar-refractivity contribution in [3.63, 3.8) is 0 Å². The average Bonchev–Trinajstić information content (AvgIpc) is 2.63. The van der Waals surface area contributed by atoms with E-state index in [0.717, 1.165) is 12.2 Å². The number of esters is 1. The van der Waals surface area contributed by atoms with E-state index in [4.69, 9.17) is 9.47 Å². The van der Waals surface area contributed by atoms with Crippen LogP contribution in [0.4, 0.5) is 0 Å². The summed E-state index contributed by atoms with van der Waals surface area (Å²) in [7, 11) is 0. The van der Waals surface area contributed by atoms with Gasteiger partial charge in [-0.25, -0.2) is 0 Å². The molecule has 1 aliphatic carbocycles. The summed E-state index contributed by atoms with van der Waals surface area (Å²) in [4.78, 5) is 23.3. The molecule has 1 fully saturated rings. The Balaban J connectivity index is 1.48. The highest BCUT2D eigenvalue weighted by Gasteiger charge is 2.15. The third kappa shape index (κ3) is 7.49. The highest BCUT2D eigenvalue weighted by molar-refractivity contribution is 5.80. The van der Waals surface area contributed by atoms with Crippen LogP contribution in [0, 0.1) is 5.92 Å². The van der Waals surface area contributed by atoms with Gasteiger partial charge in [-0.1, -0.05) is 50.3 Å². The van der Waals surface area contributed by atoms with Crippen LogP contribution < -0.4 is 10.1 Å². The van der Waals surface area contributed by atoms with Gasteiger partial charge in [0.2, 0.25) is 0 Å². The lowest BCUT2D eigenvalue weighted by Crippen LogP contribution is -2.32. The van der Waals surface area contributed by atoms with Crippen molar-refractivity contribution in [1.29, 1.82) is 0 Å². The molecule has 1 amide bonds. The Morgan fingerprint density at radius 1 is 1.08 bits per heavy atom. The first kappa shape index (κ1) is 18.3. The largest absolute Gasteiger partial charge is 0.492 e. The molecule has 0 radical (unpaired) electrons. The number of nitrogens with one attached hydrogen (secondary N) is 1. The second kappa shape index (κ2) is 10.7. The SMILES string of the molecule is O=C(COC(=O)CCC1CCCCC1)NCCOc1ccccc1. The van der Waals surface area contributed by atoms with Crippen molar-refractivity contribution in [3.05, 3.63) is 30.3 Å². The van der Waals surface area contributed by atoms with Crippen molar-refractivity contribution in [2.45, 2.75) is 44.9 Å². The second-order valence-electron chi connectivity index (χ2n) is 6.21. The molecular weight excluding hydrogens is 306 g/mol. The summed E-state index contributed by atoms with van der Waals surface area (Å²) < 4.78 is 10.5. The zero-order valence-electron chi connectivity index (χ0n) is 14.2.